The molecule has 0 atom stereocenters. The number of H-pyrrole nitrogens is 1. The Morgan fingerprint density at radius 2 is 2.20 bits per heavy atom. The van der Waals surface area contributed by atoms with E-state index in [2.05, 4.69) is 10.2 Å². The summed E-state index contributed by atoms with van der Waals surface area (Å²) in [4.78, 5) is 19.1. The lowest BCUT2D eigenvalue weighted by atomic mass is 10.1. The van der Waals surface area contributed by atoms with E-state index in [1.54, 1.807) is 24.4 Å². The quantitative estimate of drug-likeness (QED) is 0.586. The summed E-state index contributed by atoms with van der Waals surface area (Å²) in [5.74, 6) is -0.425. The van der Waals surface area contributed by atoms with Crippen LogP contribution in [-0.4, -0.2) is 27.7 Å². The molecule has 0 spiro atoms. The highest BCUT2D eigenvalue weighted by Gasteiger charge is 2.01. The van der Waals surface area contributed by atoms with Gasteiger partial charge in [-0.05, 0) is 12.1 Å². The second-order valence-electron chi connectivity index (χ2n) is 2.64. The molecule has 1 amide bonds. The van der Waals surface area contributed by atoms with Crippen molar-refractivity contribution in [1.82, 2.24) is 10.2 Å². The molecule has 0 aliphatic rings. The van der Waals surface area contributed by atoms with Crippen LogP contribution in [0.4, 0.5) is 0 Å². The number of rotatable bonds is 1. The Kier molecular flexibility index (Phi) is 3.39. The van der Waals surface area contributed by atoms with Gasteiger partial charge in [-0.3, -0.25) is 14.7 Å². The minimum absolute atomic E-state index is 0.250. The molecule has 78 valence electrons. The third kappa shape index (κ3) is 2.53. The van der Waals surface area contributed by atoms with E-state index in [4.69, 9.17) is 15.6 Å². The smallest absolute Gasteiger partial charge is 0.290 e. The lowest BCUT2D eigenvalue weighted by Crippen LogP contribution is -2.10. The SMILES string of the molecule is NC(=O)c1ccc2cn[nH]c2c1.O=CO. The molecule has 2 aromatic rings. The van der Waals surface area contributed by atoms with Crippen molar-refractivity contribution in [2.24, 2.45) is 5.73 Å². The molecule has 15 heavy (non-hydrogen) atoms. The van der Waals surface area contributed by atoms with Gasteiger partial charge in [0, 0.05) is 10.9 Å². The van der Waals surface area contributed by atoms with Gasteiger partial charge < -0.3 is 10.8 Å². The zero-order valence-electron chi connectivity index (χ0n) is 7.68. The summed E-state index contributed by atoms with van der Waals surface area (Å²) in [7, 11) is 0. The van der Waals surface area contributed by atoms with Gasteiger partial charge in [0.2, 0.25) is 5.91 Å². The number of nitrogens with zero attached hydrogens (tertiary/aromatic N) is 1. The average Bonchev–Trinajstić information content (AvgIpc) is 2.65. The summed E-state index contributed by atoms with van der Waals surface area (Å²) < 4.78 is 0. The fourth-order valence-corrected chi connectivity index (χ4v) is 1.09. The van der Waals surface area contributed by atoms with Gasteiger partial charge in [0.1, 0.15) is 0 Å². The molecular weight excluding hydrogens is 198 g/mol. The van der Waals surface area contributed by atoms with Crippen LogP contribution >= 0.6 is 0 Å². The maximum Gasteiger partial charge on any atom is 0.290 e. The van der Waals surface area contributed by atoms with Gasteiger partial charge in [-0.25, -0.2) is 0 Å². The second kappa shape index (κ2) is 4.75. The topological polar surface area (TPSA) is 109 Å². The van der Waals surface area contributed by atoms with Crippen LogP contribution in [0.5, 0.6) is 0 Å². The summed E-state index contributed by atoms with van der Waals surface area (Å²) in [6.45, 7) is -0.250. The van der Waals surface area contributed by atoms with Crippen molar-refractivity contribution in [3.05, 3.63) is 30.0 Å². The molecule has 6 nitrogen and oxygen atoms in total. The van der Waals surface area contributed by atoms with E-state index in [1.807, 2.05) is 0 Å². The standard InChI is InChI=1S/C8H7N3O.CH2O2/c9-8(12)5-1-2-6-4-10-11-7(6)3-5;2-1-3/h1-4H,(H2,9,12)(H,10,11);1H,(H,2,3). The summed E-state index contributed by atoms with van der Waals surface area (Å²) in [5, 5.41) is 14.4. The summed E-state index contributed by atoms with van der Waals surface area (Å²) in [6, 6.07) is 5.17. The van der Waals surface area contributed by atoms with E-state index in [9.17, 15) is 4.79 Å². The molecule has 1 aromatic carbocycles. The first-order valence-corrected chi connectivity index (χ1v) is 4.00. The van der Waals surface area contributed by atoms with Crippen LogP contribution in [0.2, 0.25) is 0 Å². The van der Waals surface area contributed by atoms with E-state index < -0.39 is 5.91 Å². The number of amides is 1. The minimum atomic E-state index is -0.425. The highest BCUT2D eigenvalue weighted by molar-refractivity contribution is 5.96. The van der Waals surface area contributed by atoms with Crippen LogP contribution < -0.4 is 5.73 Å². The third-order valence-corrected chi connectivity index (χ3v) is 1.73. The monoisotopic (exact) mass is 207 g/mol. The van der Waals surface area contributed by atoms with Gasteiger partial charge >= 0.3 is 0 Å². The van der Waals surface area contributed by atoms with Gasteiger partial charge in [-0.1, -0.05) is 6.07 Å². The molecular formula is C9H9N3O3. The summed E-state index contributed by atoms with van der Waals surface area (Å²) in [6.07, 6.45) is 1.69. The second-order valence-corrected chi connectivity index (χ2v) is 2.64. The molecule has 0 saturated heterocycles. The normalized spacial score (nSPS) is 9.07. The van der Waals surface area contributed by atoms with Crippen LogP contribution in [0.25, 0.3) is 10.9 Å². The Labute approximate surface area is 84.7 Å². The molecule has 0 bridgehead atoms. The van der Waals surface area contributed by atoms with Crippen molar-refractivity contribution in [2.45, 2.75) is 0 Å². The first kappa shape index (κ1) is 10.7. The van der Waals surface area contributed by atoms with E-state index >= 15 is 0 Å². The van der Waals surface area contributed by atoms with Crippen LogP contribution in [0.1, 0.15) is 10.4 Å². The zero-order valence-corrected chi connectivity index (χ0v) is 7.68. The number of nitrogens with one attached hydrogen (secondary N) is 1. The van der Waals surface area contributed by atoms with E-state index in [0.717, 1.165) is 10.9 Å². The maximum atomic E-state index is 10.8. The van der Waals surface area contributed by atoms with Crippen LogP contribution in [0.15, 0.2) is 24.4 Å². The van der Waals surface area contributed by atoms with Crippen LogP contribution in [0, 0.1) is 0 Å². The van der Waals surface area contributed by atoms with Gasteiger partial charge in [-0.15, -0.1) is 0 Å². The number of benzene rings is 1. The van der Waals surface area contributed by atoms with Gasteiger partial charge in [-0.2, -0.15) is 5.10 Å². The van der Waals surface area contributed by atoms with Crippen molar-refractivity contribution >= 4 is 23.3 Å². The van der Waals surface area contributed by atoms with Crippen molar-refractivity contribution in [3.63, 3.8) is 0 Å². The minimum Gasteiger partial charge on any atom is -0.483 e. The number of hydrogen-bond donors (Lipinski definition) is 3. The average molecular weight is 207 g/mol. The van der Waals surface area contributed by atoms with Gasteiger partial charge in [0.15, 0.2) is 0 Å². The van der Waals surface area contributed by atoms with Crippen LogP contribution in [-0.2, 0) is 4.79 Å². The lowest BCUT2D eigenvalue weighted by molar-refractivity contribution is -0.122. The molecule has 1 heterocycles. The number of carbonyl (C=O) groups is 2. The number of carboxylic acid groups (broad SMARTS) is 1. The number of carbonyl (C=O) groups excluding carboxylic acids is 1. The number of aromatic nitrogens is 2. The Hall–Kier alpha value is -2.37. The maximum absolute atomic E-state index is 10.8. The number of aromatic amines is 1. The largest absolute Gasteiger partial charge is 0.483 e. The number of primary amides is 1. The summed E-state index contributed by atoms with van der Waals surface area (Å²) in [5.41, 5.74) is 6.42. The number of hydrogen-bond acceptors (Lipinski definition) is 3. The lowest BCUT2D eigenvalue weighted by Gasteiger charge is -1.93. The molecule has 0 unspecified atom stereocenters. The van der Waals surface area contributed by atoms with Gasteiger partial charge in [0.05, 0.1) is 11.7 Å². The zero-order chi connectivity index (χ0) is 11.3. The molecule has 0 saturated carbocycles. The Morgan fingerprint density at radius 3 is 2.80 bits per heavy atom. The van der Waals surface area contributed by atoms with Crippen LogP contribution in [0.3, 0.4) is 0 Å². The van der Waals surface area contributed by atoms with Crippen molar-refractivity contribution in [2.75, 3.05) is 0 Å². The first-order chi connectivity index (χ1) is 7.19. The predicted molar refractivity (Wildman–Crippen MR) is 53.3 cm³/mol. The van der Waals surface area contributed by atoms with Gasteiger partial charge in [0.25, 0.3) is 6.47 Å². The van der Waals surface area contributed by atoms with E-state index in [-0.39, 0.29) is 6.47 Å². The third-order valence-electron chi connectivity index (χ3n) is 1.73. The molecule has 1 aromatic heterocycles. The predicted octanol–water partition coefficient (Wildman–Crippen LogP) is 0.363. The Balaban J connectivity index is 0.000000337. The molecule has 0 aliphatic carbocycles. The van der Waals surface area contributed by atoms with Crippen molar-refractivity contribution < 1.29 is 14.7 Å². The molecule has 0 radical (unpaired) electrons. The first-order valence-electron chi connectivity index (χ1n) is 4.00. The Bertz CT molecular complexity index is 478. The van der Waals surface area contributed by atoms with E-state index in [0.29, 0.717) is 5.56 Å². The number of fused-ring (bicyclic) bond motifs is 1. The fourth-order valence-electron chi connectivity index (χ4n) is 1.09. The van der Waals surface area contributed by atoms with Crippen molar-refractivity contribution in [3.8, 4) is 0 Å². The molecule has 0 aliphatic heterocycles. The molecule has 4 N–H and O–H groups in total. The van der Waals surface area contributed by atoms with E-state index in [1.165, 1.54) is 0 Å². The fraction of sp³-hybridized carbons (Fsp3) is 0. The Morgan fingerprint density at radius 1 is 1.53 bits per heavy atom. The molecule has 6 heteroatoms. The summed E-state index contributed by atoms with van der Waals surface area (Å²) >= 11 is 0. The van der Waals surface area contributed by atoms with Crippen molar-refractivity contribution in [1.29, 1.82) is 0 Å². The molecule has 2 rings (SSSR count). The number of nitrogens with two attached hydrogens (primary N) is 1. The molecule has 0 fully saturated rings. The highest BCUT2D eigenvalue weighted by Crippen LogP contribution is 2.11. The highest BCUT2D eigenvalue weighted by atomic mass is 16.3.